The van der Waals surface area contributed by atoms with Crippen molar-refractivity contribution in [3.05, 3.63) is 23.8 Å². The molecule has 0 aliphatic carbocycles. The second-order valence-electron chi connectivity index (χ2n) is 5.07. The fourth-order valence-corrected chi connectivity index (χ4v) is 2.26. The highest BCUT2D eigenvalue weighted by atomic mass is 16.4. The lowest BCUT2D eigenvalue weighted by atomic mass is 9.89. The molecule has 0 aromatic carbocycles. The second-order valence-corrected chi connectivity index (χ2v) is 5.07. The molecular formula is C12H16N4O3. The number of rotatable bonds is 4. The number of aromatic carboxylic acids is 1. The lowest BCUT2D eigenvalue weighted by Gasteiger charge is -2.21. The molecule has 3 N–H and O–H groups in total. The Bertz CT molecular complexity index is 519. The van der Waals surface area contributed by atoms with Crippen LogP contribution < -0.4 is 5.73 Å². The van der Waals surface area contributed by atoms with Gasteiger partial charge >= 0.3 is 5.97 Å². The minimum absolute atomic E-state index is 0.0928. The van der Waals surface area contributed by atoms with Crippen molar-refractivity contribution in [2.75, 3.05) is 13.1 Å². The molecule has 102 valence electrons. The summed E-state index contributed by atoms with van der Waals surface area (Å²) in [5.41, 5.74) is 5.38. The summed E-state index contributed by atoms with van der Waals surface area (Å²) >= 11 is 0. The molecule has 7 heteroatoms. The lowest BCUT2D eigenvalue weighted by Crippen LogP contribution is -2.37. The van der Waals surface area contributed by atoms with Crippen LogP contribution >= 0.6 is 0 Å². The minimum Gasteiger partial charge on any atom is -0.478 e. The highest BCUT2D eigenvalue weighted by Crippen LogP contribution is 2.30. The van der Waals surface area contributed by atoms with Gasteiger partial charge in [0.25, 0.3) is 0 Å². The molecular weight excluding hydrogens is 248 g/mol. The van der Waals surface area contributed by atoms with Crippen LogP contribution in [0, 0.1) is 5.41 Å². The molecule has 1 saturated heterocycles. The van der Waals surface area contributed by atoms with Crippen LogP contribution in [0.25, 0.3) is 0 Å². The molecule has 1 aromatic heterocycles. The molecule has 0 radical (unpaired) electrons. The van der Waals surface area contributed by atoms with Gasteiger partial charge in [-0.25, -0.2) is 14.8 Å². The van der Waals surface area contributed by atoms with Gasteiger partial charge in [0.15, 0.2) is 0 Å². The maximum absolute atomic E-state index is 11.4. The molecule has 1 aromatic rings. The molecule has 0 saturated carbocycles. The molecule has 1 atom stereocenters. The number of hydrogen-bond donors (Lipinski definition) is 2. The van der Waals surface area contributed by atoms with Crippen molar-refractivity contribution in [1.29, 1.82) is 0 Å². The molecule has 0 bridgehead atoms. The Morgan fingerprint density at radius 1 is 1.58 bits per heavy atom. The highest BCUT2D eigenvalue weighted by Gasteiger charge is 2.39. The van der Waals surface area contributed by atoms with Crippen LogP contribution in [0.15, 0.2) is 12.5 Å². The third kappa shape index (κ3) is 2.70. The van der Waals surface area contributed by atoms with Crippen LogP contribution in [0.2, 0.25) is 0 Å². The van der Waals surface area contributed by atoms with Crippen LogP contribution in [0.4, 0.5) is 0 Å². The van der Waals surface area contributed by atoms with E-state index in [0.717, 1.165) is 0 Å². The summed E-state index contributed by atoms with van der Waals surface area (Å²) in [7, 11) is 0. The zero-order valence-corrected chi connectivity index (χ0v) is 10.7. The average Bonchev–Trinajstić information content (AvgIpc) is 2.73. The number of amides is 1. The van der Waals surface area contributed by atoms with E-state index < -0.39 is 11.4 Å². The molecule has 1 aliphatic rings. The predicted molar refractivity (Wildman–Crippen MR) is 66.2 cm³/mol. The quantitative estimate of drug-likeness (QED) is 0.784. The first kappa shape index (κ1) is 13.4. The number of aromatic nitrogens is 2. The van der Waals surface area contributed by atoms with Gasteiger partial charge < -0.3 is 10.8 Å². The highest BCUT2D eigenvalue weighted by molar-refractivity contribution is 5.88. The fourth-order valence-electron chi connectivity index (χ4n) is 2.26. The van der Waals surface area contributed by atoms with E-state index >= 15 is 0 Å². The van der Waals surface area contributed by atoms with Crippen LogP contribution in [0.1, 0.15) is 29.4 Å². The molecule has 0 spiro atoms. The number of nitrogens with two attached hydrogens (primary N) is 1. The summed E-state index contributed by atoms with van der Waals surface area (Å²) in [5, 5.41) is 9.06. The van der Waals surface area contributed by atoms with E-state index in [-0.39, 0.29) is 11.5 Å². The van der Waals surface area contributed by atoms with E-state index in [1.165, 1.54) is 12.5 Å². The Balaban J connectivity index is 2.12. The Kier molecular flexibility index (Phi) is 3.48. The molecule has 19 heavy (non-hydrogen) atoms. The topological polar surface area (TPSA) is 109 Å². The molecule has 2 rings (SSSR count). The molecule has 7 nitrogen and oxygen atoms in total. The Morgan fingerprint density at radius 2 is 2.32 bits per heavy atom. The van der Waals surface area contributed by atoms with Gasteiger partial charge in [0.1, 0.15) is 11.9 Å². The third-order valence-electron chi connectivity index (χ3n) is 3.55. The maximum Gasteiger partial charge on any atom is 0.339 e. The molecule has 2 heterocycles. The van der Waals surface area contributed by atoms with Gasteiger partial charge in [-0.15, -0.1) is 0 Å². The SMILES string of the molecule is CC1(C(N)=O)CCN(Cc2ncncc2C(=O)O)C1. The number of hydrogen-bond acceptors (Lipinski definition) is 5. The number of carbonyl (C=O) groups excluding carboxylic acids is 1. The standard InChI is InChI=1S/C12H16N4O3/c1-12(11(13)19)2-3-16(6-12)5-9-8(10(17)18)4-14-7-15-9/h4,7H,2-3,5-6H2,1H3,(H2,13,19)(H,17,18). The van der Waals surface area contributed by atoms with E-state index in [2.05, 4.69) is 9.97 Å². The lowest BCUT2D eigenvalue weighted by molar-refractivity contribution is -0.126. The number of likely N-dealkylation sites (tertiary alicyclic amines) is 1. The Labute approximate surface area is 110 Å². The number of carbonyl (C=O) groups is 2. The van der Waals surface area contributed by atoms with E-state index in [9.17, 15) is 9.59 Å². The second kappa shape index (κ2) is 4.93. The van der Waals surface area contributed by atoms with Gasteiger partial charge in [0, 0.05) is 19.3 Å². The van der Waals surface area contributed by atoms with Crippen molar-refractivity contribution in [1.82, 2.24) is 14.9 Å². The van der Waals surface area contributed by atoms with Crippen molar-refractivity contribution < 1.29 is 14.7 Å². The van der Waals surface area contributed by atoms with Crippen molar-refractivity contribution >= 4 is 11.9 Å². The number of primary amides is 1. The number of carboxylic acids is 1. The summed E-state index contributed by atoms with van der Waals surface area (Å²) in [6.07, 6.45) is 3.29. The zero-order chi connectivity index (χ0) is 14.0. The predicted octanol–water partition coefficient (Wildman–Crippen LogP) is -0.128. The van der Waals surface area contributed by atoms with Gasteiger partial charge in [0.05, 0.1) is 11.1 Å². The summed E-state index contributed by atoms with van der Waals surface area (Å²) in [5.74, 6) is -1.37. The fraction of sp³-hybridized carbons (Fsp3) is 0.500. The van der Waals surface area contributed by atoms with Gasteiger partial charge in [-0.3, -0.25) is 9.69 Å². The van der Waals surface area contributed by atoms with Crippen LogP contribution in [-0.2, 0) is 11.3 Å². The normalized spacial score (nSPS) is 23.4. The van der Waals surface area contributed by atoms with Crippen LogP contribution in [-0.4, -0.2) is 44.9 Å². The third-order valence-corrected chi connectivity index (χ3v) is 3.55. The van der Waals surface area contributed by atoms with E-state index in [0.29, 0.717) is 31.7 Å². The minimum atomic E-state index is -1.05. The number of nitrogens with zero attached hydrogens (tertiary/aromatic N) is 3. The Hall–Kier alpha value is -2.02. The van der Waals surface area contributed by atoms with Crippen molar-refractivity contribution in [3.63, 3.8) is 0 Å². The summed E-state index contributed by atoms with van der Waals surface area (Å²) in [4.78, 5) is 32.1. The smallest absolute Gasteiger partial charge is 0.339 e. The molecule has 1 fully saturated rings. The molecule has 1 unspecified atom stereocenters. The Morgan fingerprint density at radius 3 is 2.89 bits per heavy atom. The largest absolute Gasteiger partial charge is 0.478 e. The van der Waals surface area contributed by atoms with E-state index in [4.69, 9.17) is 10.8 Å². The van der Waals surface area contributed by atoms with Gasteiger partial charge in [-0.05, 0) is 19.9 Å². The zero-order valence-electron chi connectivity index (χ0n) is 10.7. The maximum atomic E-state index is 11.4. The first-order chi connectivity index (χ1) is 8.92. The average molecular weight is 264 g/mol. The van der Waals surface area contributed by atoms with Crippen LogP contribution in [0.3, 0.4) is 0 Å². The first-order valence-electron chi connectivity index (χ1n) is 5.97. The summed E-state index contributed by atoms with van der Waals surface area (Å²) < 4.78 is 0. The summed E-state index contributed by atoms with van der Waals surface area (Å²) in [6.45, 7) is 3.42. The summed E-state index contributed by atoms with van der Waals surface area (Å²) in [6, 6.07) is 0. The van der Waals surface area contributed by atoms with Gasteiger partial charge in [-0.1, -0.05) is 0 Å². The first-order valence-corrected chi connectivity index (χ1v) is 5.97. The molecule has 1 amide bonds. The number of carboxylic acid groups (broad SMARTS) is 1. The van der Waals surface area contributed by atoms with E-state index in [1.54, 1.807) is 0 Å². The van der Waals surface area contributed by atoms with Gasteiger partial charge in [-0.2, -0.15) is 0 Å². The van der Waals surface area contributed by atoms with Crippen molar-refractivity contribution in [2.45, 2.75) is 19.9 Å². The molecule has 1 aliphatic heterocycles. The van der Waals surface area contributed by atoms with E-state index in [1.807, 2.05) is 11.8 Å². The van der Waals surface area contributed by atoms with Crippen molar-refractivity contribution in [2.24, 2.45) is 11.1 Å². The van der Waals surface area contributed by atoms with Gasteiger partial charge in [0.2, 0.25) is 5.91 Å². The van der Waals surface area contributed by atoms with Crippen molar-refractivity contribution in [3.8, 4) is 0 Å². The van der Waals surface area contributed by atoms with Crippen LogP contribution in [0.5, 0.6) is 0 Å². The monoisotopic (exact) mass is 264 g/mol.